The fraction of sp³-hybridized carbons (Fsp3) is 0.0811. The maximum Gasteiger partial charge on any atom is 0.150 e. The van der Waals surface area contributed by atoms with E-state index in [2.05, 4.69) is 53.8 Å². The number of aldehydes is 1. The summed E-state index contributed by atoms with van der Waals surface area (Å²) in [7, 11) is 0. The molecule has 6 nitrogen and oxygen atoms in total. The van der Waals surface area contributed by atoms with Gasteiger partial charge in [0.1, 0.15) is 12.1 Å². The lowest BCUT2D eigenvalue weighted by molar-refractivity contribution is 0.112. The first-order valence-corrected chi connectivity index (χ1v) is 13.6. The molecule has 6 heteroatoms. The van der Waals surface area contributed by atoms with E-state index < -0.39 is 0 Å². The summed E-state index contributed by atoms with van der Waals surface area (Å²) in [5.74, 6) is 0.909. The number of carbonyl (C=O) groups is 1. The van der Waals surface area contributed by atoms with E-state index in [1.54, 1.807) is 19.1 Å². The van der Waals surface area contributed by atoms with E-state index in [4.69, 9.17) is 21.6 Å². The van der Waals surface area contributed by atoms with Crippen molar-refractivity contribution in [3.05, 3.63) is 145 Å². The van der Waals surface area contributed by atoms with Crippen LogP contribution in [0.15, 0.2) is 138 Å². The Morgan fingerprint density at radius 1 is 0.674 bits per heavy atom. The lowest BCUT2D eigenvalue weighted by Crippen LogP contribution is -2.15. The summed E-state index contributed by atoms with van der Waals surface area (Å²) in [6, 6.07) is 43.4. The molecule has 0 unspecified atom stereocenters. The smallest absolute Gasteiger partial charge is 0.150 e. The molecule has 218 valence electrons. The van der Waals surface area contributed by atoms with E-state index in [0.717, 1.165) is 56.8 Å². The van der Waals surface area contributed by atoms with E-state index in [1.807, 2.05) is 72.8 Å². The van der Waals surface area contributed by atoms with E-state index in [-0.39, 0.29) is 14.0 Å². The fourth-order valence-corrected chi connectivity index (χ4v) is 4.46. The fourth-order valence-electron chi connectivity index (χ4n) is 4.46. The number of amidine groups is 1. The van der Waals surface area contributed by atoms with E-state index >= 15 is 0 Å². The van der Waals surface area contributed by atoms with Crippen molar-refractivity contribution < 1.29 is 9.90 Å². The number of nitrogens with one attached hydrogen (secondary N) is 1. The number of aliphatic hydroxyl groups excluding tert-OH is 1. The van der Waals surface area contributed by atoms with Crippen molar-refractivity contribution >= 4 is 56.4 Å². The van der Waals surface area contributed by atoms with E-state index in [1.165, 1.54) is 10.8 Å². The van der Waals surface area contributed by atoms with Crippen LogP contribution in [0.5, 0.6) is 0 Å². The van der Waals surface area contributed by atoms with Crippen molar-refractivity contribution in [3.63, 3.8) is 0 Å². The first-order valence-electron chi connectivity index (χ1n) is 13.6. The second kappa shape index (κ2) is 16.1. The number of nitrogen functional groups attached to an aromatic ring is 2. The van der Waals surface area contributed by atoms with Gasteiger partial charge in [-0.25, -0.2) is 4.99 Å². The highest BCUT2D eigenvalue weighted by molar-refractivity contribution is 6.18. The van der Waals surface area contributed by atoms with Crippen LogP contribution >= 0.6 is 0 Å². The third-order valence-electron chi connectivity index (χ3n) is 6.32. The number of hydrogen-bond acceptors (Lipinski definition) is 6. The second-order valence-electron chi connectivity index (χ2n) is 9.27. The minimum atomic E-state index is 0. The average molecular weight is 571 g/mol. The van der Waals surface area contributed by atoms with Gasteiger partial charge in [0.2, 0.25) is 0 Å². The Balaban J connectivity index is 0.000000182. The monoisotopic (exact) mass is 570 g/mol. The average Bonchev–Trinajstić information content (AvgIpc) is 3.03. The normalized spacial score (nSPS) is 10.6. The number of fused-ring (bicyclic) bond motifs is 1. The maximum absolute atomic E-state index is 10.0. The van der Waals surface area contributed by atoms with Crippen LogP contribution in [0.3, 0.4) is 0 Å². The Morgan fingerprint density at radius 2 is 1.16 bits per heavy atom. The van der Waals surface area contributed by atoms with Crippen molar-refractivity contribution in [3.8, 4) is 0 Å². The topological polar surface area (TPSA) is 114 Å². The first-order chi connectivity index (χ1) is 20.5. The van der Waals surface area contributed by atoms with Gasteiger partial charge in [0.25, 0.3) is 0 Å². The zero-order chi connectivity index (χ0) is 29.7. The van der Waals surface area contributed by atoms with Crippen molar-refractivity contribution in [2.75, 3.05) is 23.4 Å². The third-order valence-corrected chi connectivity index (χ3v) is 6.32. The number of benzene rings is 6. The van der Waals surface area contributed by atoms with Gasteiger partial charge in [-0.2, -0.15) is 0 Å². The van der Waals surface area contributed by atoms with Crippen molar-refractivity contribution in [1.82, 2.24) is 0 Å². The molecule has 0 aromatic heterocycles. The minimum Gasteiger partial charge on any atom is -0.398 e. The van der Waals surface area contributed by atoms with Crippen molar-refractivity contribution in [2.24, 2.45) is 4.99 Å². The van der Waals surface area contributed by atoms with Gasteiger partial charge < -0.3 is 21.9 Å². The van der Waals surface area contributed by atoms with Crippen LogP contribution in [-0.4, -0.2) is 23.8 Å². The summed E-state index contributed by atoms with van der Waals surface area (Å²) < 4.78 is 0. The molecule has 7 rings (SSSR count). The van der Waals surface area contributed by atoms with Crippen LogP contribution < -0.4 is 16.8 Å². The second-order valence-corrected chi connectivity index (χ2v) is 9.27. The molecule has 0 saturated heterocycles. The minimum absolute atomic E-state index is 0. The SMILES string of the molecule is C.CCO.Nc1cccc2cccc(N)c12.O=Cc1ccccc1.c1ccc(C2=Nc3cccc4cccc(c34)N2)cc1. The molecular formula is C37H38N4O2. The van der Waals surface area contributed by atoms with Gasteiger partial charge in [-0.3, -0.25) is 4.79 Å². The van der Waals surface area contributed by atoms with Gasteiger partial charge >= 0.3 is 0 Å². The Morgan fingerprint density at radius 3 is 1.67 bits per heavy atom. The third kappa shape index (κ3) is 8.28. The summed E-state index contributed by atoms with van der Waals surface area (Å²) in [6.07, 6.45) is 0.833. The summed E-state index contributed by atoms with van der Waals surface area (Å²) >= 11 is 0. The van der Waals surface area contributed by atoms with Gasteiger partial charge in [-0.1, -0.05) is 117 Å². The van der Waals surface area contributed by atoms with E-state index in [9.17, 15) is 4.79 Å². The van der Waals surface area contributed by atoms with Crippen LogP contribution in [0.1, 0.15) is 30.3 Å². The Kier molecular flexibility index (Phi) is 12.0. The zero-order valence-electron chi connectivity index (χ0n) is 23.4. The molecule has 6 aromatic rings. The summed E-state index contributed by atoms with van der Waals surface area (Å²) in [5, 5.41) is 15.5. The molecular weight excluding hydrogens is 532 g/mol. The van der Waals surface area contributed by atoms with E-state index in [0.29, 0.717) is 0 Å². The first kappa shape index (κ1) is 32.1. The molecule has 6 aromatic carbocycles. The van der Waals surface area contributed by atoms with Crippen LogP contribution in [0.4, 0.5) is 22.7 Å². The van der Waals surface area contributed by atoms with Crippen LogP contribution in [0, 0.1) is 0 Å². The Labute approximate surface area is 253 Å². The summed E-state index contributed by atoms with van der Waals surface area (Å²) in [5.41, 5.74) is 17.0. The maximum atomic E-state index is 10.0. The number of rotatable bonds is 2. The highest BCUT2D eigenvalue weighted by atomic mass is 16.2. The molecule has 0 fully saturated rings. The predicted molar refractivity (Wildman–Crippen MR) is 184 cm³/mol. The van der Waals surface area contributed by atoms with Crippen molar-refractivity contribution in [1.29, 1.82) is 0 Å². The van der Waals surface area contributed by atoms with Crippen LogP contribution in [0.2, 0.25) is 0 Å². The van der Waals surface area contributed by atoms with Gasteiger partial charge in [0, 0.05) is 45.6 Å². The van der Waals surface area contributed by atoms with Crippen molar-refractivity contribution in [2.45, 2.75) is 14.4 Å². The molecule has 0 atom stereocenters. The number of carbonyl (C=O) groups excluding carboxylic acids is 1. The molecule has 0 radical (unpaired) electrons. The number of aliphatic hydroxyl groups is 1. The molecule has 43 heavy (non-hydrogen) atoms. The standard InChI is InChI=1S/C17H12N2.C10H10N2.C7H6O.C2H6O.CH4/c1-2-6-13(7-3-1)17-18-14-10-4-8-12-9-5-11-15(19-17)16(12)14;11-8-5-1-3-7-4-2-6-9(12)10(7)8;8-6-7-4-2-1-3-5-7;1-2-3;/h1-11H,(H,18,19);1-6H,11-12H2;1-6H;3H,2H2,1H3;1H4. The lowest BCUT2D eigenvalue weighted by Gasteiger charge is -2.19. The Hall–Kier alpha value is -5.46. The molecule has 0 aliphatic carbocycles. The molecule has 1 aliphatic heterocycles. The van der Waals surface area contributed by atoms with Gasteiger partial charge in [-0.15, -0.1) is 0 Å². The van der Waals surface area contributed by atoms with Crippen LogP contribution in [0.25, 0.3) is 21.5 Å². The summed E-state index contributed by atoms with van der Waals surface area (Å²) in [6.45, 7) is 1.93. The van der Waals surface area contributed by atoms with Gasteiger partial charge in [-0.05, 0) is 42.0 Å². The number of hydrogen-bond donors (Lipinski definition) is 4. The predicted octanol–water partition coefficient (Wildman–Crippen LogP) is 8.48. The molecule has 1 aliphatic rings. The van der Waals surface area contributed by atoms with Gasteiger partial charge in [0.05, 0.1) is 5.69 Å². The molecule has 0 bridgehead atoms. The number of aliphatic imine (C=N–C) groups is 1. The molecule has 0 amide bonds. The molecule has 0 saturated carbocycles. The molecule has 0 spiro atoms. The molecule has 6 N–H and O–H groups in total. The number of anilines is 3. The Bertz CT molecular complexity index is 1740. The quantitative estimate of drug-likeness (QED) is 0.123. The lowest BCUT2D eigenvalue weighted by atomic mass is 10.0. The van der Waals surface area contributed by atoms with Gasteiger partial charge in [0.15, 0.2) is 0 Å². The molecule has 1 heterocycles. The summed E-state index contributed by atoms with van der Waals surface area (Å²) in [4.78, 5) is 14.7. The highest BCUT2D eigenvalue weighted by Gasteiger charge is 2.14. The zero-order valence-corrected chi connectivity index (χ0v) is 23.4. The number of nitrogens with zero attached hydrogens (tertiary/aromatic N) is 1. The van der Waals surface area contributed by atoms with Crippen LogP contribution in [-0.2, 0) is 0 Å². The highest BCUT2D eigenvalue weighted by Crippen LogP contribution is 2.36. The largest absolute Gasteiger partial charge is 0.398 e. The number of nitrogens with two attached hydrogens (primary N) is 2.